The minimum atomic E-state index is -1.97. The normalized spacial score (nSPS) is 17.3. The Balaban J connectivity index is 1.70. The van der Waals surface area contributed by atoms with Gasteiger partial charge in [-0.25, -0.2) is 14.2 Å². The van der Waals surface area contributed by atoms with Crippen LogP contribution in [0.3, 0.4) is 0 Å². The molecule has 166 valence electrons. The van der Waals surface area contributed by atoms with Gasteiger partial charge in [-0.05, 0) is 42.8 Å². The van der Waals surface area contributed by atoms with E-state index < -0.39 is 23.5 Å². The summed E-state index contributed by atoms with van der Waals surface area (Å²) in [4.78, 5) is 33.2. The summed E-state index contributed by atoms with van der Waals surface area (Å²) < 4.78 is 19.5. The van der Waals surface area contributed by atoms with E-state index in [1.54, 1.807) is 55.5 Å². The van der Waals surface area contributed by atoms with E-state index in [-0.39, 0.29) is 17.2 Å². The van der Waals surface area contributed by atoms with Gasteiger partial charge in [0.25, 0.3) is 5.91 Å². The van der Waals surface area contributed by atoms with Gasteiger partial charge >= 0.3 is 6.09 Å². The Morgan fingerprint density at radius 3 is 2.76 bits per heavy atom. The molecule has 2 heterocycles. The third kappa shape index (κ3) is 3.13. The van der Waals surface area contributed by atoms with Crippen LogP contribution in [0.2, 0.25) is 0 Å². The van der Waals surface area contributed by atoms with Crippen LogP contribution in [0.1, 0.15) is 27.0 Å². The number of fused-ring (bicyclic) bond motifs is 2. The zero-order chi connectivity index (χ0) is 23.3. The Morgan fingerprint density at radius 1 is 1.18 bits per heavy atom. The van der Waals surface area contributed by atoms with Gasteiger partial charge in [0.05, 0.1) is 23.8 Å². The van der Waals surface area contributed by atoms with Crippen LogP contribution in [-0.4, -0.2) is 34.2 Å². The summed E-state index contributed by atoms with van der Waals surface area (Å²) in [6.45, 7) is 1.78. The molecule has 0 fully saturated rings. The molecule has 0 spiro atoms. The van der Waals surface area contributed by atoms with E-state index >= 15 is 0 Å². The fraction of sp³-hybridized carbons (Fsp3) is 0.125. The lowest BCUT2D eigenvalue weighted by Gasteiger charge is -2.35. The summed E-state index contributed by atoms with van der Waals surface area (Å²) in [6, 6.07) is 15.9. The van der Waals surface area contributed by atoms with Crippen molar-refractivity contribution in [3.63, 3.8) is 0 Å². The molecule has 0 aliphatic carbocycles. The van der Waals surface area contributed by atoms with E-state index in [0.29, 0.717) is 22.2 Å². The number of aromatic amines is 1. The summed E-state index contributed by atoms with van der Waals surface area (Å²) in [5, 5.41) is 14.5. The second-order valence-electron chi connectivity index (χ2n) is 7.75. The Bertz CT molecular complexity index is 1430. The Hall–Kier alpha value is -4.24. The largest absolute Gasteiger partial charge is 0.453 e. The molecule has 8 nitrogen and oxygen atoms in total. The van der Waals surface area contributed by atoms with Crippen LogP contribution >= 0.6 is 0 Å². The summed E-state index contributed by atoms with van der Waals surface area (Å²) in [6.07, 6.45) is -0.690. The van der Waals surface area contributed by atoms with E-state index in [9.17, 15) is 19.1 Å². The fourth-order valence-electron chi connectivity index (χ4n) is 4.16. The predicted octanol–water partition coefficient (Wildman–Crippen LogP) is 4.04. The molecule has 3 aromatic carbocycles. The van der Waals surface area contributed by atoms with Gasteiger partial charge in [-0.2, -0.15) is 0 Å². The van der Waals surface area contributed by atoms with Crippen molar-refractivity contribution in [1.29, 1.82) is 0 Å². The molecule has 1 unspecified atom stereocenters. The molecule has 0 saturated carbocycles. The number of halogens is 1. The minimum Gasteiger partial charge on any atom is -0.453 e. The number of ether oxygens (including phenoxy) is 1. The van der Waals surface area contributed by atoms with Gasteiger partial charge in [-0.1, -0.05) is 30.3 Å². The molecule has 1 aliphatic rings. The topological polar surface area (TPSA) is 108 Å². The average Bonchev–Trinajstić information content (AvgIpc) is 3.31. The third-order valence-corrected chi connectivity index (χ3v) is 5.69. The van der Waals surface area contributed by atoms with Crippen molar-refractivity contribution in [2.24, 2.45) is 0 Å². The summed E-state index contributed by atoms with van der Waals surface area (Å²) in [5.74, 6) is -0.992. The standard InChI is InChI=1S/C24H19FN4O4/c1-13-7-9-17(25)20(11-13)29-21(30)15-5-3-4-6-16(15)24(29,32)14-8-10-18-19(12-14)27-22(26-18)28-23(31)33-2/h3-12,32H,1-2H3,(H2,26,27,28,31). The monoisotopic (exact) mass is 446 g/mol. The number of amides is 2. The number of carbonyl (C=O) groups excluding carboxylic acids is 2. The van der Waals surface area contributed by atoms with Gasteiger partial charge in [0.15, 0.2) is 5.72 Å². The van der Waals surface area contributed by atoms with Crippen LogP contribution in [-0.2, 0) is 10.5 Å². The Kier molecular flexibility index (Phi) is 4.64. The highest BCUT2D eigenvalue weighted by atomic mass is 19.1. The number of benzene rings is 3. The molecule has 0 bridgehead atoms. The molecule has 1 aliphatic heterocycles. The number of hydrogen-bond acceptors (Lipinski definition) is 5. The van der Waals surface area contributed by atoms with Crippen LogP contribution in [0.5, 0.6) is 0 Å². The molecular formula is C24H19FN4O4. The lowest BCUT2D eigenvalue weighted by atomic mass is 9.93. The number of nitrogens with one attached hydrogen (secondary N) is 2. The number of imidazole rings is 1. The van der Waals surface area contributed by atoms with Gasteiger partial charge in [0.1, 0.15) is 5.82 Å². The summed E-state index contributed by atoms with van der Waals surface area (Å²) >= 11 is 0. The van der Waals surface area contributed by atoms with Crippen molar-refractivity contribution >= 4 is 34.7 Å². The van der Waals surface area contributed by atoms with Crippen LogP contribution < -0.4 is 10.2 Å². The van der Waals surface area contributed by atoms with E-state index in [2.05, 4.69) is 20.0 Å². The highest BCUT2D eigenvalue weighted by molar-refractivity contribution is 6.12. The number of rotatable bonds is 3. The molecule has 2 amide bonds. The van der Waals surface area contributed by atoms with Gasteiger partial charge in [0.2, 0.25) is 5.95 Å². The lowest BCUT2D eigenvalue weighted by Crippen LogP contribution is -2.45. The van der Waals surface area contributed by atoms with Crippen LogP contribution in [0.25, 0.3) is 11.0 Å². The highest BCUT2D eigenvalue weighted by Crippen LogP contribution is 2.46. The molecule has 4 aromatic rings. The quantitative estimate of drug-likeness (QED) is 0.440. The lowest BCUT2D eigenvalue weighted by molar-refractivity contribution is 0.0699. The Morgan fingerprint density at radius 2 is 1.97 bits per heavy atom. The molecule has 0 radical (unpaired) electrons. The molecule has 0 saturated heterocycles. The van der Waals surface area contributed by atoms with Crippen LogP contribution in [0.4, 0.5) is 20.8 Å². The number of carbonyl (C=O) groups is 2. The molecular weight excluding hydrogens is 427 g/mol. The number of H-pyrrole nitrogens is 1. The maximum absolute atomic E-state index is 14.9. The minimum absolute atomic E-state index is 0.0311. The van der Waals surface area contributed by atoms with Gasteiger partial charge in [0, 0.05) is 16.7 Å². The van der Waals surface area contributed by atoms with Crippen molar-refractivity contribution in [2.45, 2.75) is 12.6 Å². The smallest absolute Gasteiger partial charge is 0.413 e. The number of anilines is 2. The van der Waals surface area contributed by atoms with Crippen molar-refractivity contribution in [3.05, 3.63) is 88.7 Å². The zero-order valence-corrected chi connectivity index (χ0v) is 17.7. The van der Waals surface area contributed by atoms with Gasteiger partial charge in [-0.3, -0.25) is 15.0 Å². The molecule has 1 aromatic heterocycles. The second-order valence-corrected chi connectivity index (χ2v) is 7.75. The third-order valence-electron chi connectivity index (χ3n) is 5.69. The van der Waals surface area contributed by atoms with Crippen LogP contribution in [0, 0.1) is 12.7 Å². The SMILES string of the molecule is COC(=O)Nc1nc2ccc(C3(O)c4ccccc4C(=O)N3c3cc(C)ccc3F)cc2[nH]1. The molecule has 33 heavy (non-hydrogen) atoms. The number of methoxy groups -OCH3 is 1. The molecule has 5 rings (SSSR count). The molecule has 3 N–H and O–H groups in total. The zero-order valence-electron chi connectivity index (χ0n) is 17.7. The summed E-state index contributed by atoms with van der Waals surface area (Å²) in [7, 11) is 1.24. The second kappa shape index (κ2) is 7.42. The predicted molar refractivity (Wildman–Crippen MR) is 120 cm³/mol. The van der Waals surface area contributed by atoms with Crippen molar-refractivity contribution in [2.75, 3.05) is 17.3 Å². The number of aryl methyl sites for hydroxylation is 1. The average molecular weight is 446 g/mol. The van der Waals surface area contributed by atoms with Crippen molar-refractivity contribution in [1.82, 2.24) is 9.97 Å². The highest BCUT2D eigenvalue weighted by Gasteiger charge is 2.51. The number of aromatic nitrogens is 2. The Labute approximate surface area is 187 Å². The first-order valence-corrected chi connectivity index (χ1v) is 10.1. The van der Waals surface area contributed by atoms with Crippen LogP contribution in [0.15, 0.2) is 60.7 Å². The first-order chi connectivity index (χ1) is 15.8. The van der Waals surface area contributed by atoms with E-state index in [1.165, 1.54) is 19.2 Å². The first-order valence-electron chi connectivity index (χ1n) is 10.1. The molecule has 9 heteroatoms. The van der Waals surface area contributed by atoms with E-state index in [0.717, 1.165) is 10.5 Å². The van der Waals surface area contributed by atoms with E-state index in [4.69, 9.17) is 0 Å². The number of hydrogen-bond donors (Lipinski definition) is 3. The van der Waals surface area contributed by atoms with Crippen molar-refractivity contribution < 1.29 is 23.8 Å². The summed E-state index contributed by atoms with van der Waals surface area (Å²) in [5.41, 5.74) is 0.672. The maximum Gasteiger partial charge on any atom is 0.413 e. The maximum atomic E-state index is 14.9. The van der Waals surface area contributed by atoms with E-state index in [1.807, 2.05) is 0 Å². The van der Waals surface area contributed by atoms with Gasteiger partial charge < -0.3 is 14.8 Å². The van der Waals surface area contributed by atoms with Gasteiger partial charge in [-0.15, -0.1) is 0 Å². The fourth-order valence-corrected chi connectivity index (χ4v) is 4.16. The number of nitrogens with zero attached hydrogens (tertiary/aromatic N) is 2. The number of aliphatic hydroxyl groups is 1. The first kappa shape index (κ1) is 20.7. The van der Waals surface area contributed by atoms with Crippen molar-refractivity contribution in [3.8, 4) is 0 Å². The molecule has 1 atom stereocenters.